The maximum atomic E-state index is 11.1. The van der Waals surface area contributed by atoms with Gasteiger partial charge in [-0.15, -0.1) is 0 Å². The number of nitrogens with zero attached hydrogens (tertiary/aromatic N) is 1. The standard InChI is InChI=1S/C13H10BrNO3/c1-8-2-4-11(10(6-8)13(16)17)18-12-5-3-9(14)7-15-12/h2-7H,1H3,(H,16,17). The molecule has 0 aliphatic carbocycles. The Kier molecular flexibility index (Phi) is 3.62. The number of pyridine rings is 1. The van der Waals surface area contributed by atoms with Crippen LogP contribution >= 0.6 is 15.9 Å². The molecule has 0 aliphatic heterocycles. The second-order valence-corrected chi connectivity index (χ2v) is 4.64. The third-order valence-electron chi connectivity index (χ3n) is 2.28. The molecule has 18 heavy (non-hydrogen) atoms. The van der Waals surface area contributed by atoms with Crippen molar-refractivity contribution in [3.63, 3.8) is 0 Å². The molecule has 92 valence electrons. The Hall–Kier alpha value is -1.88. The van der Waals surface area contributed by atoms with Gasteiger partial charge in [0.1, 0.15) is 11.3 Å². The lowest BCUT2D eigenvalue weighted by molar-refractivity contribution is 0.0694. The molecule has 0 fully saturated rings. The van der Waals surface area contributed by atoms with Crippen molar-refractivity contribution in [1.82, 2.24) is 4.98 Å². The molecule has 2 aromatic rings. The minimum Gasteiger partial charge on any atom is -0.478 e. The van der Waals surface area contributed by atoms with Gasteiger partial charge in [0.05, 0.1) is 0 Å². The molecule has 1 aromatic heterocycles. The minimum atomic E-state index is -1.02. The normalized spacial score (nSPS) is 10.1. The Labute approximate surface area is 112 Å². The quantitative estimate of drug-likeness (QED) is 0.940. The van der Waals surface area contributed by atoms with Crippen LogP contribution in [-0.4, -0.2) is 16.1 Å². The first-order valence-electron chi connectivity index (χ1n) is 5.19. The van der Waals surface area contributed by atoms with Crippen LogP contribution in [0.25, 0.3) is 0 Å². The molecule has 0 bridgehead atoms. The number of carboxylic acids is 1. The molecule has 5 heteroatoms. The molecule has 1 aromatic carbocycles. The van der Waals surface area contributed by atoms with E-state index in [0.717, 1.165) is 10.0 Å². The number of ether oxygens (including phenoxy) is 1. The molecule has 1 heterocycles. The van der Waals surface area contributed by atoms with Gasteiger partial charge in [0.2, 0.25) is 5.88 Å². The molecule has 0 amide bonds. The van der Waals surface area contributed by atoms with Crippen molar-refractivity contribution in [1.29, 1.82) is 0 Å². The van der Waals surface area contributed by atoms with Crippen LogP contribution in [0.3, 0.4) is 0 Å². The minimum absolute atomic E-state index is 0.125. The fraction of sp³-hybridized carbons (Fsp3) is 0.0769. The molecule has 0 radical (unpaired) electrons. The van der Waals surface area contributed by atoms with Crippen molar-refractivity contribution in [3.05, 3.63) is 52.1 Å². The van der Waals surface area contributed by atoms with Gasteiger partial charge in [0.25, 0.3) is 0 Å². The number of aryl methyl sites for hydroxylation is 1. The van der Waals surface area contributed by atoms with Crippen molar-refractivity contribution in [2.24, 2.45) is 0 Å². The summed E-state index contributed by atoms with van der Waals surface area (Å²) < 4.78 is 6.30. The third-order valence-corrected chi connectivity index (χ3v) is 2.75. The highest BCUT2D eigenvalue weighted by atomic mass is 79.9. The van der Waals surface area contributed by atoms with Gasteiger partial charge in [-0.3, -0.25) is 0 Å². The smallest absolute Gasteiger partial charge is 0.339 e. The number of hydrogen-bond donors (Lipinski definition) is 1. The topological polar surface area (TPSA) is 59.4 Å². The SMILES string of the molecule is Cc1ccc(Oc2ccc(Br)cn2)c(C(=O)O)c1. The molecule has 0 unspecified atom stereocenters. The van der Waals surface area contributed by atoms with E-state index in [2.05, 4.69) is 20.9 Å². The van der Waals surface area contributed by atoms with Crippen molar-refractivity contribution in [2.75, 3.05) is 0 Å². The van der Waals surface area contributed by atoms with Crippen molar-refractivity contribution >= 4 is 21.9 Å². The van der Waals surface area contributed by atoms with Crippen LogP contribution in [0.5, 0.6) is 11.6 Å². The number of rotatable bonds is 3. The molecule has 0 saturated carbocycles. The average Bonchev–Trinajstić information content (AvgIpc) is 2.34. The van der Waals surface area contributed by atoms with Gasteiger partial charge < -0.3 is 9.84 Å². The lowest BCUT2D eigenvalue weighted by Crippen LogP contribution is -2.01. The molecular formula is C13H10BrNO3. The summed E-state index contributed by atoms with van der Waals surface area (Å²) in [5.74, 6) is -0.390. The first-order chi connectivity index (χ1) is 8.56. The van der Waals surface area contributed by atoms with E-state index in [1.54, 1.807) is 36.5 Å². The molecule has 0 atom stereocenters. The van der Waals surface area contributed by atoms with E-state index in [0.29, 0.717) is 5.88 Å². The zero-order valence-electron chi connectivity index (χ0n) is 9.55. The summed E-state index contributed by atoms with van der Waals surface area (Å²) in [6, 6.07) is 8.42. The largest absolute Gasteiger partial charge is 0.478 e. The lowest BCUT2D eigenvalue weighted by atomic mass is 10.1. The van der Waals surface area contributed by atoms with Gasteiger partial charge >= 0.3 is 5.97 Å². The number of benzene rings is 1. The predicted octanol–water partition coefficient (Wildman–Crippen LogP) is 3.64. The first-order valence-corrected chi connectivity index (χ1v) is 5.99. The molecule has 2 rings (SSSR count). The number of hydrogen-bond acceptors (Lipinski definition) is 3. The summed E-state index contributed by atoms with van der Waals surface area (Å²) >= 11 is 3.27. The summed E-state index contributed by atoms with van der Waals surface area (Å²) in [5.41, 5.74) is 0.989. The van der Waals surface area contributed by atoms with E-state index < -0.39 is 5.97 Å². The summed E-state index contributed by atoms with van der Waals surface area (Å²) in [6.07, 6.45) is 1.59. The zero-order chi connectivity index (χ0) is 13.1. The summed E-state index contributed by atoms with van der Waals surface area (Å²) in [5, 5.41) is 9.10. The van der Waals surface area contributed by atoms with Crippen molar-refractivity contribution < 1.29 is 14.6 Å². The number of halogens is 1. The van der Waals surface area contributed by atoms with Gasteiger partial charge in [-0.05, 0) is 41.1 Å². The molecule has 1 N–H and O–H groups in total. The Morgan fingerprint density at radius 1 is 1.33 bits per heavy atom. The maximum absolute atomic E-state index is 11.1. The molecule has 0 spiro atoms. The van der Waals surface area contributed by atoms with Crippen LogP contribution in [0.2, 0.25) is 0 Å². The second-order valence-electron chi connectivity index (χ2n) is 3.72. The Morgan fingerprint density at radius 3 is 2.72 bits per heavy atom. The van der Waals surface area contributed by atoms with Gasteiger partial charge in [-0.25, -0.2) is 9.78 Å². The Balaban J connectivity index is 2.34. The maximum Gasteiger partial charge on any atom is 0.339 e. The van der Waals surface area contributed by atoms with Crippen LogP contribution in [0.4, 0.5) is 0 Å². The first kappa shape index (κ1) is 12.6. The van der Waals surface area contributed by atoms with Crippen LogP contribution < -0.4 is 4.74 Å². The van der Waals surface area contributed by atoms with E-state index in [1.165, 1.54) is 0 Å². The van der Waals surface area contributed by atoms with E-state index in [-0.39, 0.29) is 11.3 Å². The van der Waals surface area contributed by atoms with E-state index in [1.807, 2.05) is 6.92 Å². The molecule has 0 aliphatic rings. The van der Waals surface area contributed by atoms with Crippen molar-refractivity contribution in [2.45, 2.75) is 6.92 Å². The fourth-order valence-electron chi connectivity index (χ4n) is 1.44. The van der Waals surface area contributed by atoms with Crippen LogP contribution in [0.1, 0.15) is 15.9 Å². The summed E-state index contributed by atoms with van der Waals surface area (Å²) in [6.45, 7) is 1.83. The lowest BCUT2D eigenvalue weighted by Gasteiger charge is -2.08. The Bertz CT molecular complexity index is 581. The van der Waals surface area contributed by atoms with Crippen LogP contribution in [0.15, 0.2) is 41.0 Å². The second kappa shape index (κ2) is 5.18. The summed E-state index contributed by atoms with van der Waals surface area (Å²) in [4.78, 5) is 15.1. The monoisotopic (exact) mass is 307 g/mol. The number of aromatic carboxylic acids is 1. The highest BCUT2D eigenvalue weighted by Crippen LogP contribution is 2.25. The number of aromatic nitrogens is 1. The van der Waals surface area contributed by atoms with E-state index >= 15 is 0 Å². The molecular weight excluding hydrogens is 298 g/mol. The predicted molar refractivity (Wildman–Crippen MR) is 70.1 cm³/mol. The Morgan fingerprint density at radius 2 is 2.11 bits per heavy atom. The molecule has 4 nitrogen and oxygen atoms in total. The zero-order valence-corrected chi connectivity index (χ0v) is 11.1. The van der Waals surface area contributed by atoms with E-state index in [4.69, 9.17) is 9.84 Å². The highest BCUT2D eigenvalue weighted by molar-refractivity contribution is 9.10. The molecule has 0 saturated heterocycles. The van der Waals surface area contributed by atoms with Crippen molar-refractivity contribution in [3.8, 4) is 11.6 Å². The summed E-state index contributed by atoms with van der Waals surface area (Å²) in [7, 11) is 0. The number of carboxylic acid groups (broad SMARTS) is 1. The van der Waals surface area contributed by atoms with Gasteiger partial charge in [0.15, 0.2) is 0 Å². The third kappa shape index (κ3) is 2.87. The van der Waals surface area contributed by atoms with E-state index in [9.17, 15) is 4.79 Å². The van der Waals surface area contributed by atoms with Crippen LogP contribution in [-0.2, 0) is 0 Å². The van der Waals surface area contributed by atoms with Gasteiger partial charge in [-0.1, -0.05) is 11.6 Å². The van der Waals surface area contributed by atoms with Gasteiger partial charge in [0, 0.05) is 16.7 Å². The van der Waals surface area contributed by atoms with Crippen LogP contribution in [0, 0.1) is 6.92 Å². The highest BCUT2D eigenvalue weighted by Gasteiger charge is 2.12. The van der Waals surface area contributed by atoms with Gasteiger partial charge in [-0.2, -0.15) is 0 Å². The average molecular weight is 308 g/mol. The number of carbonyl (C=O) groups is 1. The fourth-order valence-corrected chi connectivity index (χ4v) is 1.67.